The van der Waals surface area contributed by atoms with Gasteiger partial charge in [0.15, 0.2) is 5.69 Å². The van der Waals surface area contributed by atoms with Gasteiger partial charge in [-0.25, -0.2) is 4.98 Å². The number of amides is 1. The van der Waals surface area contributed by atoms with Crippen molar-refractivity contribution in [2.24, 2.45) is 0 Å². The van der Waals surface area contributed by atoms with Crippen LogP contribution in [0.2, 0.25) is 0 Å². The minimum absolute atomic E-state index is 0.111. The first-order valence-corrected chi connectivity index (χ1v) is 7.83. The molecular formula is C17H19N5O2. The topological polar surface area (TPSA) is 92.7 Å². The van der Waals surface area contributed by atoms with Gasteiger partial charge in [-0.1, -0.05) is 12.1 Å². The van der Waals surface area contributed by atoms with Crippen molar-refractivity contribution in [1.29, 1.82) is 0 Å². The Kier molecular flexibility index (Phi) is 4.41. The summed E-state index contributed by atoms with van der Waals surface area (Å²) in [6, 6.07) is 9.13. The third-order valence-corrected chi connectivity index (χ3v) is 3.75. The van der Waals surface area contributed by atoms with E-state index in [2.05, 4.69) is 20.4 Å². The van der Waals surface area contributed by atoms with Crippen molar-refractivity contribution in [2.75, 3.05) is 6.54 Å². The van der Waals surface area contributed by atoms with Crippen LogP contribution in [0.15, 0.2) is 35.1 Å². The van der Waals surface area contributed by atoms with Crippen molar-refractivity contribution in [3.05, 3.63) is 57.8 Å². The maximum atomic E-state index is 12.2. The number of para-hydroxylation sites is 2. The number of carbonyl (C=O) groups excluding carboxylic acids is 1. The minimum Gasteiger partial charge on any atom is -0.350 e. The fraction of sp³-hybridized carbons (Fsp3) is 0.294. The van der Waals surface area contributed by atoms with Crippen molar-refractivity contribution in [2.45, 2.75) is 26.8 Å². The molecule has 0 radical (unpaired) electrons. The van der Waals surface area contributed by atoms with Gasteiger partial charge in [-0.15, -0.1) is 0 Å². The summed E-state index contributed by atoms with van der Waals surface area (Å²) in [5.41, 5.74) is 2.67. The third kappa shape index (κ3) is 3.34. The second-order valence-corrected chi connectivity index (χ2v) is 5.69. The molecule has 0 aliphatic heterocycles. The third-order valence-electron chi connectivity index (χ3n) is 3.75. The van der Waals surface area contributed by atoms with E-state index in [-0.39, 0.29) is 5.69 Å². The van der Waals surface area contributed by atoms with Crippen LogP contribution in [0.4, 0.5) is 0 Å². The highest BCUT2D eigenvalue weighted by Gasteiger charge is 2.13. The summed E-state index contributed by atoms with van der Waals surface area (Å²) in [7, 11) is 0. The van der Waals surface area contributed by atoms with E-state index in [4.69, 9.17) is 0 Å². The van der Waals surface area contributed by atoms with Crippen LogP contribution in [-0.4, -0.2) is 32.2 Å². The van der Waals surface area contributed by atoms with Crippen LogP contribution in [0.3, 0.4) is 0 Å². The van der Waals surface area contributed by atoms with Crippen molar-refractivity contribution in [3.8, 4) is 0 Å². The zero-order valence-electron chi connectivity index (χ0n) is 13.7. The van der Waals surface area contributed by atoms with Gasteiger partial charge in [0, 0.05) is 18.8 Å². The van der Waals surface area contributed by atoms with E-state index in [0.717, 1.165) is 17.8 Å². The monoisotopic (exact) mass is 325 g/mol. The summed E-state index contributed by atoms with van der Waals surface area (Å²) >= 11 is 0. The number of H-pyrrole nitrogens is 1. The molecule has 124 valence electrons. The first-order valence-electron chi connectivity index (χ1n) is 7.83. The lowest BCUT2D eigenvalue weighted by atomic mass is 10.3. The standard InChI is InChI=1S/C17H19N5O2/c1-11-10-12(2)22(21-11)9-5-8-18-16(23)15-17(24)20-14-7-4-3-6-13(14)19-15/h3-4,6-7,10H,5,8-9H2,1-2H3,(H,18,23)(H,20,24). The Morgan fingerprint density at radius 1 is 1.29 bits per heavy atom. The number of nitrogens with zero attached hydrogens (tertiary/aromatic N) is 3. The molecule has 0 aliphatic carbocycles. The fourth-order valence-electron chi connectivity index (χ4n) is 2.60. The van der Waals surface area contributed by atoms with E-state index < -0.39 is 11.5 Å². The van der Waals surface area contributed by atoms with Crippen molar-refractivity contribution < 1.29 is 4.79 Å². The average molecular weight is 325 g/mol. The predicted octanol–water partition coefficient (Wildman–Crippen LogP) is 1.56. The lowest BCUT2D eigenvalue weighted by Crippen LogP contribution is -2.32. The van der Waals surface area contributed by atoms with Gasteiger partial charge in [0.25, 0.3) is 11.5 Å². The van der Waals surface area contributed by atoms with Crippen LogP contribution in [0.25, 0.3) is 11.0 Å². The van der Waals surface area contributed by atoms with Crippen molar-refractivity contribution >= 4 is 16.9 Å². The summed E-state index contributed by atoms with van der Waals surface area (Å²) in [5.74, 6) is -0.463. The van der Waals surface area contributed by atoms with E-state index in [1.165, 1.54) is 0 Å². The molecule has 7 heteroatoms. The number of carbonyl (C=O) groups is 1. The Bertz CT molecular complexity index is 942. The Labute approximate surface area is 138 Å². The summed E-state index contributed by atoms with van der Waals surface area (Å²) in [4.78, 5) is 31.0. The van der Waals surface area contributed by atoms with E-state index in [0.29, 0.717) is 24.1 Å². The molecule has 0 spiro atoms. The Balaban J connectivity index is 1.62. The second kappa shape index (κ2) is 6.66. The van der Waals surface area contributed by atoms with Gasteiger partial charge in [-0.05, 0) is 38.5 Å². The summed E-state index contributed by atoms with van der Waals surface area (Å²) in [5, 5.41) is 7.11. The number of fused-ring (bicyclic) bond motifs is 1. The zero-order chi connectivity index (χ0) is 17.1. The molecule has 2 N–H and O–H groups in total. The number of aromatic amines is 1. The fourth-order valence-corrected chi connectivity index (χ4v) is 2.60. The number of rotatable bonds is 5. The number of aryl methyl sites for hydroxylation is 3. The molecule has 1 amide bonds. The maximum Gasteiger partial charge on any atom is 0.280 e. The molecule has 24 heavy (non-hydrogen) atoms. The molecule has 0 saturated heterocycles. The van der Waals surface area contributed by atoms with E-state index >= 15 is 0 Å². The van der Waals surface area contributed by atoms with Crippen molar-refractivity contribution in [3.63, 3.8) is 0 Å². The minimum atomic E-state index is -0.482. The molecule has 0 saturated carbocycles. The molecule has 2 heterocycles. The molecule has 2 aromatic heterocycles. The SMILES string of the molecule is Cc1cc(C)n(CCCNC(=O)c2nc3ccccc3[nH]c2=O)n1. The summed E-state index contributed by atoms with van der Waals surface area (Å²) in [6.45, 7) is 5.10. The van der Waals surface area contributed by atoms with Gasteiger partial charge in [0.1, 0.15) is 0 Å². The van der Waals surface area contributed by atoms with Crippen LogP contribution >= 0.6 is 0 Å². The molecule has 7 nitrogen and oxygen atoms in total. The Morgan fingerprint density at radius 2 is 2.08 bits per heavy atom. The second-order valence-electron chi connectivity index (χ2n) is 5.69. The van der Waals surface area contributed by atoms with E-state index in [1.807, 2.05) is 30.7 Å². The molecule has 0 atom stereocenters. The number of benzene rings is 1. The number of aromatic nitrogens is 4. The normalized spacial score (nSPS) is 10.9. The van der Waals surface area contributed by atoms with Gasteiger partial charge < -0.3 is 10.3 Å². The van der Waals surface area contributed by atoms with E-state index in [1.54, 1.807) is 18.2 Å². The first kappa shape index (κ1) is 15.9. The lowest BCUT2D eigenvalue weighted by Gasteiger charge is -2.06. The molecule has 0 bridgehead atoms. The highest BCUT2D eigenvalue weighted by Crippen LogP contribution is 2.06. The van der Waals surface area contributed by atoms with Crippen LogP contribution in [0.1, 0.15) is 28.3 Å². The lowest BCUT2D eigenvalue weighted by molar-refractivity contribution is 0.0946. The van der Waals surface area contributed by atoms with Crippen LogP contribution in [-0.2, 0) is 6.54 Å². The first-order chi connectivity index (χ1) is 11.5. The molecule has 0 unspecified atom stereocenters. The van der Waals surface area contributed by atoms with Crippen LogP contribution < -0.4 is 10.9 Å². The quantitative estimate of drug-likeness (QED) is 0.696. The van der Waals surface area contributed by atoms with Crippen molar-refractivity contribution in [1.82, 2.24) is 25.1 Å². The molecule has 1 aromatic carbocycles. The number of hydrogen-bond donors (Lipinski definition) is 2. The highest BCUT2D eigenvalue weighted by atomic mass is 16.2. The molecule has 3 rings (SSSR count). The molecular weight excluding hydrogens is 306 g/mol. The van der Waals surface area contributed by atoms with Gasteiger partial charge in [-0.2, -0.15) is 5.10 Å². The Hall–Kier alpha value is -2.96. The van der Waals surface area contributed by atoms with Gasteiger partial charge in [0.2, 0.25) is 0 Å². The maximum absolute atomic E-state index is 12.2. The van der Waals surface area contributed by atoms with Crippen LogP contribution in [0.5, 0.6) is 0 Å². The number of hydrogen-bond acceptors (Lipinski definition) is 4. The molecule has 0 fully saturated rings. The Morgan fingerprint density at radius 3 is 2.83 bits per heavy atom. The van der Waals surface area contributed by atoms with Crippen LogP contribution in [0, 0.1) is 13.8 Å². The smallest absolute Gasteiger partial charge is 0.280 e. The zero-order valence-corrected chi connectivity index (χ0v) is 13.7. The summed E-state index contributed by atoms with van der Waals surface area (Å²) < 4.78 is 1.91. The van der Waals surface area contributed by atoms with Gasteiger partial charge in [0.05, 0.1) is 16.7 Å². The predicted molar refractivity (Wildman–Crippen MR) is 91.0 cm³/mol. The number of nitrogens with one attached hydrogen (secondary N) is 2. The summed E-state index contributed by atoms with van der Waals surface area (Å²) in [6.07, 6.45) is 0.721. The van der Waals surface area contributed by atoms with Gasteiger partial charge >= 0.3 is 0 Å². The van der Waals surface area contributed by atoms with E-state index in [9.17, 15) is 9.59 Å². The molecule has 3 aromatic rings. The largest absolute Gasteiger partial charge is 0.350 e. The highest BCUT2D eigenvalue weighted by molar-refractivity contribution is 5.93. The molecule has 0 aliphatic rings. The van der Waals surface area contributed by atoms with Gasteiger partial charge in [-0.3, -0.25) is 14.3 Å². The average Bonchev–Trinajstić information content (AvgIpc) is 2.88.